The van der Waals surface area contributed by atoms with Crippen molar-refractivity contribution >= 4 is 28.4 Å². The maximum absolute atomic E-state index is 10.6. The molecule has 1 aromatic heterocycles. The second kappa shape index (κ2) is 2.59. The number of nitrogens with two attached hydrogens (primary N) is 2. The van der Waals surface area contributed by atoms with Gasteiger partial charge in [-0.3, -0.25) is 10.1 Å². The molecule has 0 saturated carbocycles. The molecule has 14 heavy (non-hydrogen) atoms. The number of hydrogen-bond donors (Lipinski definition) is 3. The van der Waals surface area contributed by atoms with Crippen molar-refractivity contribution in [1.82, 2.24) is 9.97 Å². The Balaban J connectivity index is 2.87. The Bertz CT molecular complexity index is 518. The van der Waals surface area contributed by atoms with E-state index in [-0.39, 0.29) is 17.2 Å². The Labute approximate surface area is 77.9 Å². The van der Waals surface area contributed by atoms with Crippen molar-refractivity contribution in [3.8, 4) is 0 Å². The van der Waals surface area contributed by atoms with Crippen LogP contribution in [0.25, 0.3) is 11.0 Å². The first kappa shape index (κ1) is 8.30. The van der Waals surface area contributed by atoms with Crippen LogP contribution in [0.1, 0.15) is 0 Å². The van der Waals surface area contributed by atoms with Crippen molar-refractivity contribution in [3.63, 3.8) is 0 Å². The standard InChI is InChI=1S/C7H7N5O2/c8-3-1-2-4(12(13)14)6-5(3)10-7(9)11-6/h1-2H,8H2,(H3,9,10,11). The Morgan fingerprint density at radius 2 is 2.14 bits per heavy atom. The monoisotopic (exact) mass is 193 g/mol. The van der Waals surface area contributed by atoms with E-state index in [0.29, 0.717) is 11.2 Å². The number of benzene rings is 1. The fourth-order valence-electron chi connectivity index (χ4n) is 1.26. The van der Waals surface area contributed by atoms with Crippen molar-refractivity contribution in [3.05, 3.63) is 22.2 Å². The van der Waals surface area contributed by atoms with Crippen LogP contribution in [0.3, 0.4) is 0 Å². The first-order chi connectivity index (χ1) is 6.59. The Kier molecular flexibility index (Phi) is 1.53. The number of fused-ring (bicyclic) bond motifs is 1. The highest BCUT2D eigenvalue weighted by Gasteiger charge is 2.16. The number of nitro groups is 1. The second-order valence-electron chi connectivity index (χ2n) is 2.78. The van der Waals surface area contributed by atoms with Crippen LogP contribution in [-0.4, -0.2) is 14.9 Å². The zero-order valence-electron chi connectivity index (χ0n) is 7.02. The number of rotatable bonds is 1. The SMILES string of the molecule is Nc1nc2c([N+](=O)[O-])ccc(N)c2[nH]1. The van der Waals surface area contributed by atoms with Crippen LogP contribution in [0.15, 0.2) is 12.1 Å². The molecule has 5 N–H and O–H groups in total. The van der Waals surface area contributed by atoms with E-state index in [1.165, 1.54) is 12.1 Å². The van der Waals surface area contributed by atoms with Crippen LogP contribution in [0, 0.1) is 10.1 Å². The number of imidazole rings is 1. The molecule has 0 unspecified atom stereocenters. The zero-order chi connectivity index (χ0) is 10.3. The number of aromatic amines is 1. The van der Waals surface area contributed by atoms with E-state index in [2.05, 4.69) is 9.97 Å². The molecule has 2 rings (SSSR count). The van der Waals surface area contributed by atoms with Gasteiger partial charge in [-0.05, 0) is 6.07 Å². The molecule has 0 bridgehead atoms. The molecular formula is C7H7N5O2. The molecule has 0 radical (unpaired) electrons. The second-order valence-corrected chi connectivity index (χ2v) is 2.78. The molecule has 0 aliphatic carbocycles. The lowest BCUT2D eigenvalue weighted by atomic mass is 10.2. The Morgan fingerprint density at radius 3 is 2.79 bits per heavy atom. The maximum atomic E-state index is 10.6. The summed E-state index contributed by atoms with van der Waals surface area (Å²) in [7, 11) is 0. The number of anilines is 2. The molecule has 7 heteroatoms. The molecule has 1 aromatic carbocycles. The van der Waals surface area contributed by atoms with Crippen LogP contribution < -0.4 is 11.5 Å². The van der Waals surface area contributed by atoms with E-state index in [4.69, 9.17) is 11.5 Å². The van der Waals surface area contributed by atoms with Gasteiger partial charge in [-0.25, -0.2) is 4.98 Å². The number of nitro benzene ring substituents is 1. The first-order valence-electron chi connectivity index (χ1n) is 3.77. The molecule has 72 valence electrons. The lowest BCUT2D eigenvalue weighted by molar-refractivity contribution is -0.383. The highest BCUT2D eigenvalue weighted by molar-refractivity contribution is 5.94. The van der Waals surface area contributed by atoms with Gasteiger partial charge in [-0.1, -0.05) is 0 Å². The third-order valence-electron chi connectivity index (χ3n) is 1.87. The molecule has 0 atom stereocenters. The van der Waals surface area contributed by atoms with E-state index in [1.807, 2.05) is 0 Å². The minimum atomic E-state index is -0.526. The molecule has 2 aromatic rings. The number of H-pyrrole nitrogens is 1. The van der Waals surface area contributed by atoms with E-state index >= 15 is 0 Å². The summed E-state index contributed by atoms with van der Waals surface area (Å²) >= 11 is 0. The van der Waals surface area contributed by atoms with Crippen LogP contribution >= 0.6 is 0 Å². The van der Waals surface area contributed by atoms with Crippen molar-refractivity contribution < 1.29 is 4.92 Å². The predicted octanol–water partition coefficient (Wildman–Crippen LogP) is 0.635. The summed E-state index contributed by atoms with van der Waals surface area (Å²) in [5.41, 5.74) is 11.8. The quantitative estimate of drug-likeness (QED) is 0.348. The number of nitrogens with zero attached hydrogens (tertiary/aromatic N) is 2. The van der Waals surface area contributed by atoms with Gasteiger partial charge in [-0.2, -0.15) is 0 Å². The summed E-state index contributed by atoms with van der Waals surface area (Å²) in [6.07, 6.45) is 0. The first-order valence-corrected chi connectivity index (χ1v) is 3.77. The van der Waals surface area contributed by atoms with Gasteiger partial charge in [0, 0.05) is 6.07 Å². The molecular weight excluding hydrogens is 186 g/mol. The summed E-state index contributed by atoms with van der Waals surface area (Å²) in [5, 5.41) is 10.6. The van der Waals surface area contributed by atoms with E-state index < -0.39 is 4.92 Å². The van der Waals surface area contributed by atoms with Gasteiger partial charge in [0.1, 0.15) is 0 Å². The topological polar surface area (TPSA) is 124 Å². The number of aromatic nitrogens is 2. The van der Waals surface area contributed by atoms with Crippen molar-refractivity contribution in [2.24, 2.45) is 0 Å². The smallest absolute Gasteiger partial charge is 0.297 e. The third kappa shape index (κ3) is 1.03. The van der Waals surface area contributed by atoms with Crippen LogP contribution in [0.2, 0.25) is 0 Å². The van der Waals surface area contributed by atoms with Crippen LogP contribution in [0.5, 0.6) is 0 Å². The summed E-state index contributed by atoms with van der Waals surface area (Å²) in [6.45, 7) is 0. The lowest BCUT2D eigenvalue weighted by Gasteiger charge is -1.95. The van der Waals surface area contributed by atoms with Gasteiger partial charge >= 0.3 is 0 Å². The van der Waals surface area contributed by atoms with E-state index in [0.717, 1.165) is 0 Å². The lowest BCUT2D eigenvalue weighted by Crippen LogP contribution is -1.92. The van der Waals surface area contributed by atoms with Gasteiger partial charge in [0.2, 0.25) is 0 Å². The fraction of sp³-hybridized carbons (Fsp3) is 0. The minimum absolute atomic E-state index is 0.109. The molecule has 0 spiro atoms. The Morgan fingerprint density at radius 1 is 1.43 bits per heavy atom. The van der Waals surface area contributed by atoms with Crippen LogP contribution in [-0.2, 0) is 0 Å². The van der Waals surface area contributed by atoms with Gasteiger partial charge in [0.05, 0.1) is 16.1 Å². The average molecular weight is 193 g/mol. The molecule has 0 aliphatic rings. The highest BCUT2D eigenvalue weighted by atomic mass is 16.6. The summed E-state index contributed by atoms with van der Waals surface area (Å²) in [6, 6.07) is 2.75. The Hall–Kier alpha value is -2.31. The van der Waals surface area contributed by atoms with Crippen molar-refractivity contribution in [2.45, 2.75) is 0 Å². The third-order valence-corrected chi connectivity index (χ3v) is 1.87. The summed E-state index contributed by atoms with van der Waals surface area (Å²) < 4.78 is 0. The van der Waals surface area contributed by atoms with Gasteiger partial charge in [0.15, 0.2) is 11.5 Å². The number of nitrogens with one attached hydrogen (secondary N) is 1. The maximum Gasteiger partial charge on any atom is 0.297 e. The van der Waals surface area contributed by atoms with Crippen molar-refractivity contribution in [1.29, 1.82) is 0 Å². The molecule has 7 nitrogen and oxygen atoms in total. The van der Waals surface area contributed by atoms with Gasteiger partial charge in [-0.15, -0.1) is 0 Å². The fourth-order valence-corrected chi connectivity index (χ4v) is 1.26. The summed E-state index contributed by atoms with van der Waals surface area (Å²) in [5.74, 6) is 0.112. The highest BCUT2D eigenvalue weighted by Crippen LogP contribution is 2.28. The molecule has 1 heterocycles. The predicted molar refractivity (Wildman–Crippen MR) is 51.6 cm³/mol. The largest absolute Gasteiger partial charge is 0.397 e. The number of hydrogen-bond acceptors (Lipinski definition) is 5. The summed E-state index contributed by atoms with van der Waals surface area (Å²) in [4.78, 5) is 16.5. The normalized spacial score (nSPS) is 10.6. The molecule has 0 saturated heterocycles. The van der Waals surface area contributed by atoms with E-state index in [9.17, 15) is 10.1 Å². The van der Waals surface area contributed by atoms with Crippen LogP contribution in [0.4, 0.5) is 17.3 Å². The average Bonchev–Trinajstić information content (AvgIpc) is 2.47. The van der Waals surface area contributed by atoms with E-state index in [1.54, 1.807) is 0 Å². The zero-order valence-corrected chi connectivity index (χ0v) is 7.02. The number of non-ortho nitro benzene ring substituents is 1. The van der Waals surface area contributed by atoms with Crippen molar-refractivity contribution in [2.75, 3.05) is 11.5 Å². The number of nitrogen functional groups attached to an aromatic ring is 2. The molecule has 0 aliphatic heterocycles. The molecule has 0 fully saturated rings. The molecule has 0 amide bonds. The van der Waals surface area contributed by atoms with Gasteiger partial charge < -0.3 is 16.5 Å². The minimum Gasteiger partial charge on any atom is -0.397 e. The van der Waals surface area contributed by atoms with Gasteiger partial charge in [0.25, 0.3) is 5.69 Å².